The zero-order valence-electron chi connectivity index (χ0n) is 9.79. The first-order valence-electron chi connectivity index (χ1n) is 5.58. The summed E-state index contributed by atoms with van der Waals surface area (Å²) in [6, 6.07) is 9.11. The molecule has 0 bridgehead atoms. The second-order valence-corrected chi connectivity index (χ2v) is 5.00. The highest BCUT2D eigenvalue weighted by Crippen LogP contribution is 2.17. The molecule has 0 radical (unpaired) electrons. The van der Waals surface area contributed by atoms with Crippen LogP contribution in [0.4, 0.5) is 0 Å². The van der Waals surface area contributed by atoms with Gasteiger partial charge in [0.15, 0.2) is 0 Å². The summed E-state index contributed by atoms with van der Waals surface area (Å²) in [4.78, 5) is 3.24. The molecule has 1 unspecified atom stereocenters. The molecule has 0 aliphatic heterocycles. The first kappa shape index (κ1) is 11.6. The van der Waals surface area contributed by atoms with Crippen LogP contribution in [0.25, 0.3) is 10.9 Å². The monoisotopic (exact) mass is 234 g/mol. The maximum atomic E-state index is 3.55. The van der Waals surface area contributed by atoms with Crippen LogP contribution in [0.3, 0.4) is 0 Å². The fourth-order valence-corrected chi connectivity index (χ4v) is 2.52. The van der Waals surface area contributed by atoms with Crippen molar-refractivity contribution in [1.29, 1.82) is 0 Å². The van der Waals surface area contributed by atoms with Crippen molar-refractivity contribution in [2.45, 2.75) is 19.5 Å². The van der Waals surface area contributed by atoms with E-state index in [1.807, 2.05) is 18.0 Å². The third-order valence-corrected chi connectivity index (χ3v) is 3.58. The van der Waals surface area contributed by atoms with E-state index in [1.165, 1.54) is 16.5 Å². The van der Waals surface area contributed by atoms with Gasteiger partial charge < -0.3 is 10.3 Å². The summed E-state index contributed by atoms with van der Waals surface area (Å²) in [5, 5.41) is 4.87. The summed E-state index contributed by atoms with van der Waals surface area (Å²) in [7, 11) is 0. The summed E-state index contributed by atoms with van der Waals surface area (Å²) in [5.74, 6) is 1.16. The van der Waals surface area contributed by atoms with E-state index in [1.54, 1.807) is 0 Å². The van der Waals surface area contributed by atoms with Crippen molar-refractivity contribution < 1.29 is 0 Å². The first-order valence-corrected chi connectivity index (χ1v) is 6.98. The minimum atomic E-state index is 0.559. The van der Waals surface area contributed by atoms with E-state index in [9.17, 15) is 0 Å². The van der Waals surface area contributed by atoms with E-state index in [2.05, 4.69) is 47.7 Å². The van der Waals surface area contributed by atoms with Gasteiger partial charge in [0.1, 0.15) is 0 Å². The molecular weight excluding hydrogens is 216 g/mol. The Morgan fingerprint density at radius 2 is 2.25 bits per heavy atom. The van der Waals surface area contributed by atoms with Gasteiger partial charge in [0.25, 0.3) is 0 Å². The van der Waals surface area contributed by atoms with Gasteiger partial charge in [-0.1, -0.05) is 12.1 Å². The van der Waals surface area contributed by atoms with Crippen LogP contribution >= 0.6 is 11.8 Å². The molecule has 0 saturated carbocycles. The SMILES string of the molecule is CSCC(C)NCc1cccc2[nH]ccc12. The Morgan fingerprint density at radius 3 is 3.06 bits per heavy atom. The Balaban J connectivity index is 2.06. The topological polar surface area (TPSA) is 27.8 Å². The molecular formula is C13H18N2S. The molecule has 2 nitrogen and oxygen atoms in total. The fourth-order valence-electron chi connectivity index (χ4n) is 1.90. The molecule has 16 heavy (non-hydrogen) atoms. The second kappa shape index (κ2) is 5.41. The molecule has 0 spiro atoms. The zero-order chi connectivity index (χ0) is 11.4. The van der Waals surface area contributed by atoms with Gasteiger partial charge in [0, 0.05) is 35.4 Å². The van der Waals surface area contributed by atoms with Crippen molar-refractivity contribution in [3.8, 4) is 0 Å². The van der Waals surface area contributed by atoms with Gasteiger partial charge >= 0.3 is 0 Å². The van der Waals surface area contributed by atoms with E-state index >= 15 is 0 Å². The lowest BCUT2D eigenvalue weighted by molar-refractivity contribution is 0.598. The van der Waals surface area contributed by atoms with Crippen LogP contribution in [-0.2, 0) is 6.54 Å². The van der Waals surface area contributed by atoms with Gasteiger partial charge in [-0.2, -0.15) is 11.8 Å². The van der Waals surface area contributed by atoms with Crippen LogP contribution in [0.15, 0.2) is 30.5 Å². The number of hydrogen-bond donors (Lipinski definition) is 2. The third kappa shape index (κ3) is 2.60. The van der Waals surface area contributed by atoms with Crippen LogP contribution in [-0.4, -0.2) is 23.0 Å². The van der Waals surface area contributed by atoms with E-state index < -0.39 is 0 Å². The van der Waals surface area contributed by atoms with Gasteiger partial charge in [-0.3, -0.25) is 0 Å². The quantitative estimate of drug-likeness (QED) is 0.832. The molecule has 1 aromatic carbocycles. The fraction of sp³-hybridized carbons (Fsp3) is 0.385. The molecule has 1 heterocycles. The molecule has 0 aliphatic carbocycles. The molecule has 86 valence electrons. The van der Waals surface area contributed by atoms with E-state index in [0.29, 0.717) is 6.04 Å². The Kier molecular flexibility index (Phi) is 3.91. The molecule has 0 saturated heterocycles. The number of H-pyrrole nitrogens is 1. The van der Waals surface area contributed by atoms with Crippen molar-refractivity contribution >= 4 is 22.7 Å². The highest BCUT2D eigenvalue weighted by molar-refractivity contribution is 7.98. The Hall–Kier alpha value is -0.930. The highest BCUT2D eigenvalue weighted by atomic mass is 32.2. The van der Waals surface area contributed by atoms with Gasteiger partial charge in [0.05, 0.1) is 0 Å². The summed E-state index contributed by atoms with van der Waals surface area (Å²) in [6.45, 7) is 3.17. The zero-order valence-corrected chi connectivity index (χ0v) is 10.6. The van der Waals surface area contributed by atoms with Gasteiger partial charge in [-0.15, -0.1) is 0 Å². The average molecular weight is 234 g/mol. The number of thioether (sulfide) groups is 1. The van der Waals surface area contributed by atoms with Gasteiger partial charge in [-0.25, -0.2) is 0 Å². The number of rotatable bonds is 5. The van der Waals surface area contributed by atoms with Gasteiger partial charge in [-0.05, 0) is 30.9 Å². The third-order valence-electron chi connectivity index (χ3n) is 2.74. The summed E-state index contributed by atoms with van der Waals surface area (Å²) in [5.41, 5.74) is 2.59. The van der Waals surface area contributed by atoms with Crippen molar-refractivity contribution in [2.75, 3.05) is 12.0 Å². The number of nitrogens with one attached hydrogen (secondary N) is 2. The normalized spacial score (nSPS) is 13.1. The Morgan fingerprint density at radius 1 is 1.38 bits per heavy atom. The van der Waals surface area contributed by atoms with Crippen LogP contribution in [0.5, 0.6) is 0 Å². The number of aromatic amines is 1. The summed E-state index contributed by atoms with van der Waals surface area (Å²) in [6.07, 6.45) is 4.14. The number of hydrogen-bond acceptors (Lipinski definition) is 2. The Bertz CT molecular complexity index is 450. The molecule has 2 aromatic rings. The van der Waals surface area contributed by atoms with Crippen LogP contribution in [0, 0.1) is 0 Å². The Labute approximate surface area is 101 Å². The standard InChI is InChI=1S/C13H18N2S/c1-10(9-16-2)15-8-11-4-3-5-13-12(11)6-7-14-13/h3-7,10,14-15H,8-9H2,1-2H3. The molecule has 0 fully saturated rings. The molecule has 0 amide bonds. The lowest BCUT2D eigenvalue weighted by atomic mass is 10.1. The lowest BCUT2D eigenvalue weighted by Crippen LogP contribution is -2.27. The molecule has 2 rings (SSSR count). The average Bonchev–Trinajstić information content (AvgIpc) is 2.75. The molecule has 2 N–H and O–H groups in total. The lowest BCUT2D eigenvalue weighted by Gasteiger charge is -2.12. The number of fused-ring (bicyclic) bond motifs is 1. The highest BCUT2D eigenvalue weighted by Gasteiger charge is 2.03. The smallest absolute Gasteiger partial charge is 0.0457 e. The first-order chi connectivity index (χ1) is 7.81. The largest absolute Gasteiger partial charge is 0.361 e. The maximum absolute atomic E-state index is 3.55. The number of benzene rings is 1. The van der Waals surface area contributed by atoms with E-state index in [0.717, 1.165) is 12.3 Å². The van der Waals surface area contributed by atoms with E-state index in [-0.39, 0.29) is 0 Å². The molecule has 1 aromatic heterocycles. The van der Waals surface area contributed by atoms with Crippen molar-refractivity contribution in [1.82, 2.24) is 10.3 Å². The molecule has 1 atom stereocenters. The molecule has 3 heteroatoms. The molecule has 0 aliphatic rings. The van der Waals surface area contributed by atoms with Crippen LogP contribution < -0.4 is 5.32 Å². The summed E-state index contributed by atoms with van der Waals surface area (Å²) < 4.78 is 0. The summed E-state index contributed by atoms with van der Waals surface area (Å²) >= 11 is 1.88. The van der Waals surface area contributed by atoms with Crippen LogP contribution in [0.1, 0.15) is 12.5 Å². The predicted octanol–water partition coefficient (Wildman–Crippen LogP) is 3.01. The number of aromatic nitrogens is 1. The van der Waals surface area contributed by atoms with Crippen LogP contribution in [0.2, 0.25) is 0 Å². The van der Waals surface area contributed by atoms with Gasteiger partial charge in [0.2, 0.25) is 0 Å². The van der Waals surface area contributed by atoms with Crippen molar-refractivity contribution in [2.24, 2.45) is 0 Å². The maximum Gasteiger partial charge on any atom is 0.0457 e. The second-order valence-electron chi connectivity index (χ2n) is 4.09. The predicted molar refractivity (Wildman–Crippen MR) is 73.0 cm³/mol. The minimum Gasteiger partial charge on any atom is -0.361 e. The minimum absolute atomic E-state index is 0.559. The van der Waals surface area contributed by atoms with Crippen molar-refractivity contribution in [3.05, 3.63) is 36.0 Å². The van der Waals surface area contributed by atoms with E-state index in [4.69, 9.17) is 0 Å². The van der Waals surface area contributed by atoms with Crippen molar-refractivity contribution in [3.63, 3.8) is 0 Å².